The Morgan fingerprint density at radius 1 is 1.36 bits per heavy atom. The zero-order chi connectivity index (χ0) is 18.1. The van der Waals surface area contributed by atoms with E-state index in [1.165, 1.54) is 16.8 Å². The first-order valence-corrected chi connectivity index (χ1v) is 7.82. The maximum atomic E-state index is 12.1. The van der Waals surface area contributed by atoms with Gasteiger partial charge in [-0.1, -0.05) is 0 Å². The summed E-state index contributed by atoms with van der Waals surface area (Å²) in [6, 6.07) is 5.33. The summed E-state index contributed by atoms with van der Waals surface area (Å²) in [6.07, 6.45) is -1.98. The van der Waals surface area contributed by atoms with Gasteiger partial charge >= 0.3 is 18.3 Å². The number of carbonyl (C=O) groups is 3. The first-order chi connectivity index (χ1) is 11.9. The van der Waals surface area contributed by atoms with Crippen molar-refractivity contribution in [2.45, 2.75) is 12.5 Å². The molecule has 0 spiro atoms. The Kier molecular flexibility index (Phi) is 4.39. The predicted octanol–water partition coefficient (Wildman–Crippen LogP) is 1.75. The molecule has 9 nitrogen and oxygen atoms in total. The second kappa shape index (κ2) is 6.50. The number of benzene rings is 1. The van der Waals surface area contributed by atoms with Crippen molar-refractivity contribution >= 4 is 29.7 Å². The fourth-order valence-corrected chi connectivity index (χ4v) is 2.92. The third-order valence-electron chi connectivity index (χ3n) is 4.29. The van der Waals surface area contributed by atoms with Gasteiger partial charge in [0, 0.05) is 26.2 Å². The Bertz CT molecular complexity index is 722. The summed E-state index contributed by atoms with van der Waals surface area (Å²) >= 11 is 0. The van der Waals surface area contributed by atoms with Gasteiger partial charge in [-0.15, -0.1) is 0 Å². The monoisotopic (exact) mass is 349 g/mol. The number of rotatable bonds is 3. The Morgan fingerprint density at radius 2 is 2.12 bits per heavy atom. The number of amides is 3. The van der Waals surface area contributed by atoms with Gasteiger partial charge in [0.05, 0.1) is 25.4 Å². The van der Waals surface area contributed by atoms with Crippen LogP contribution in [-0.2, 0) is 15.9 Å². The van der Waals surface area contributed by atoms with E-state index >= 15 is 0 Å². The lowest BCUT2D eigenvalue weighted by atomic mass is 10.1. The van der Waals surface area contributed by atoms with E-state index in [0.717, 1.165) is 16.2 Å². The molecule has 1 saturated heterocycles. The van der Waals surface area contributed by atoms with E-state index in [0.29, 0.717) is 12.1 Å². The molecule has 1 aromatic carbocycles. The molecule has 0 aromatic heterocycles. The van der Waals surface area contributed by atoms with E-state index in [4.69, 9.17) is 14.6 Å². The number of hydrogen-bond donors (Lipinski definition) is 1. The molecule has 1 N–H and O–H groups in total. The molecule has 3 rings (SSSR count). The lowest BCUT2D eigenvalue weighted by Gasteiger charge is -2.19. The van der Waals surface area contributed by atoms with Crippen molar-refractivity contribution in [1.82, 2.24) is 4.90 Å². The average molecular weight is 349 g/mol. The van der Waals surface area contributed by atoms with Crippen LogP contribution in [0.25, 0.3) is 0 Å². The van der Waals surface area contributed by atoms with Crippen LogP contribution in [0.1, 0.15) is 5.56 Å². The van der Waals surface area contributed by atoms with E-state index in [1.807, 2.05) is 6.07 Å². The van der Waals surface area contributed by atoms with Crippen molar-refractivity contribution in [3.63, 3.8) is 0 Å². The Balaban J connectivity index is 1.78. The number of hydrogen-bond acceptors (Lipinski definition) is 5. The Labute approximate surface area is 144 Å². The average Bonchev–Trinajstić information content (AvgIpc) is 2.87. The molecule has 9 heteroatoms. The van der Waals surface area contributed by atoms with Crippen molar-refractivity contribution in [2.75, 3.05) is 43.6 Å². The molecule has 3 amide bonds. The van der Waals surface area contributed by atoms with Gasteiger partial charge in [0.15, 0.2) is 0 Å². The molecule has 1 aromatic rings. The predicted molar refractivity (Wildman–Crippen MR) is 88.2 cm³/mol. The van der Waals surface area contributed by atoms with Gasteiger partial charge in [0.2, 0.25) is 0 Å². The lowest BCUT2D eigenvalue weighted by molar-refractivity contribution is 0.106. The van der Waals surface area contributed by atoms with Crippen molar-refractivity contribution in [2.24, 2.45) is 0 Å². The van der Waals surface area contributed by atoms with Crippen LogP contribution in [0.2, 0.25) is 0 Å². The van der Waals surface area contributed by atoms with Crippen LogP contribution in [0, 0.1) is 0 Å². The van der Waals surface area contributed by atoms with Crippen LogP contribution in [-0.4, -0.2) is 68.2 Å². The molecule has 1 fully saturated rings. The molecule has 25 heavy (non-hydrogen) atoms. The summed E-state index contributed by atoms with van der Waals surface area (Å²) in [6.45, 7) is 0.643. The summed E-state index contributed by atoms with van der Waals surface area (Å²) in [5, 5.41) is 8.92. The highest BCUT2D eigenvalue weighted by molar-refractivity contribution is 5.92. The molecule has 0 radical (unpaired) electrons. The SMILES string of the molecule is CN(C[C@H]1CN(c2ccc3c(c2)CCOC(=O)N3C)C(=O)O1)C(=O)O. The normalized spacial score (nSPS) is 19.8. The number of anilines is 2. The molecule has 2 heterocycles. The third-order valence-corrected chi connectivity index (χ3v) is 4.29. The van der Waals surface area contributed by atoms with Gasteiger partial charge in [0.25, 0.3) is 0 Å². The van der Waals surface area contributed by atoms with Crippen molar-refractivity contribution in [3.8, 4) is 0 Å². The third kappa shape index (κ3) is 3.30. The summed E-state index contributed by atoms with van der Waals surface area (Å²) in [4.78, 5) is 38.7. The van der Waals surface area contributed by atoms with Gasteiger partial charge in [0.1, 0.15) is 6.10 Å². The number of cyclic esters (lactones) is 2. The van der Waals surface area contributed by atoms with Gasteiger partial charge < -0.3 is 19.5 Å². The van der Waals surface area contributed by atoms with Gasteiger partial charge in [-0.2, -0.15) is 0 Å². The number of carbonyl (C=O) groups excluding carboxylic acids is 2. The second-order valence-electron chi connectivity index (χ2n) is 6.02. The van der Waals surface area contributed by atoms with Crippen LogP contribution in [0.5, 0.6) is 0 Å². The van der Waals surface area contributed by atoms with Crippen LogP contribution < -0.4 is 9.80 Å². The molecule has 0 aliphatic carbocycles. The van der Waals surface area contributed by atoms with Crippen molar-refractivity contribution in [3.05, 3.63) is 23.8 Å². The van der Waals surface area contributed by atoms with E-state index in [1.54, 1.807) is 19.2 Å². The van der Waals surface area contributed by atoms with E-state index in [9.17, 15) is 14.4 Å². The van der Waals surface area contributed by atoms with Crippen LogP contribution in [0.4, 0.5) is 25.8 Å². The highest BCUT2D eigenvalue weighted by Gasteiger charge is 2.34. The molecular weight excluding hydrogens is 330 g/mol. The van der Waals surface area contributed by atoms with Gasteiger partial charge in [-0.05, 0) is 23.8 Å². The molecule has 0 unspecified atom stereocenters. The highest BCUT2D eigenvalue weighted by Crippen LogP contribution is 2.30. The number of nitrogens with zero attached hydrogens (tertiary/aromatic N) is 3. The minimum absolute atomic E-state index is 0.105. The first kappa shape index (κ1) is 16.9. The molecule has 1 atom stereocenters. The highest BCUT2D eigenvalue weighted by atomic mass is 16.6. The lowest BCUT2D eigenvalue weighted by Crippen LogP contribution is -2.35. The number of carboxylic acid groups (broad SMARTS) is 1. The van der Waals surface area contributed by atoms with E-state index < -0.39 is 24.4 Å². The molecule has 2 aliphatic rings. The summed E-state index contributed by atoms with van der Waals surface area (Å²) in [7, 11) is 3.06. The molecular formula is C16H19N3O6. The number of ether oxygens (including phenoxy) is 2. The first-order valence-electron chi connectivity index (χ1n) is 7.82. The molecule has 0 saturated carbocycles. The summed E-state index contributed by atoms with van der Waals surface area (Å²) in [5.41, 5.74) is 2.28. The minimum Gasteiger partial charge on any atom is -0.465 e. The van der Waals surface area contributed by atoms with Crippen LogP contribution in [0.15, 0.2) is 18.2 Å². The maximum absolute atomic E-state index is 12.1. The topological polar surface area (TPSA) is 99.6 Å². The Morgan fingerprint density at radius 3 is 2.84 bits per heavy atom. The van der Waals surface area contributed by atoms with Crippen molar-refractivity contribution < 1.29 is 29.0 Å². The number of fused-ring (bicyclic) bond motifs is 1. The quantitative estimate of drug-likeness (QED) is 0.892. The zero-order valence-corrected chi connectivity index (χ0v) is 14.0. The second-order valence-corrected chi connectivity index (χ2v) is 6.02. The minimum atomic E-state index is -1.08. The summed E-state index contributed by atoms with van der Waals surface area (Å²) in [5.74, 6) is 0. The standard InChI is InChI=1S/C16H19N3O6/c1-17(14(20)21)8-12-9-19(16(23)25-12)11-3-4-13-10(7-11)5-6-24-15(22)18(13)2/h3-4,7,12H,5-6,8-9H2,1-2H3,(H,20,21)/t12-/m0/s1. The van der Waals surface area contributed by atoms with E-state index in [-0.39, 0.29) is 19.7 Å². The Hall–Kier alpha value is -2.97. The largest absolute Gasteiger partial charge is 0.465 e. The summed E-state index contributed by atoms with van der Waals surface area (Å²) < 4.78 is 10.3. The van der Waals surface area contributed by atoms with Crippen molar-refractivity contribution in [1.29, 1.82) is 0 Å². The fourth-order valence-electron chi connectivity index (χ4n) is 2.92. The molecule has 134 valence electrons. The fraction of sp³-hybridized carbons (Fsp3) is 0.438. The van der Waals surface area contributed by atoms with Gasteiger partial charge in [-0.3, -0.25) is 9.80 Å². The molecule has 0 bridgehead atoms. The van der Waals surface area contributed by atoms with E-state index in [2.05, 4.69) is 0 Å². The smallest absolute Gasteiger partial charge is 0.414 e. The number of likely N-dealkylation sites (N-methyl/N-ethyl adjacent to an activating group) is 1. The van der Waals surface area contributed by atoms with Crippen LogP contribution >= 0.6 is 0 Å². The van der Waals surface area contributed by atoms with Gasteiger partial charge in [-0.25, -0.2) is 14.4 Å². The van der Waals surface area contributed by atoms with Crippen LogP contribution in [0.3, 0.4) is 0 Å². The zero-order valence-electron chi connectivity index (χ0n) is 14.0. The maximum Gasteiger partial charge on any atom is 0.414 e. The molecule has 2 aliphatic heterocycles.